The molecule has 3 aromatic carbocycles. The van der Waals surface area contributed by atoms with Crippen LogP contribution in [0.25, 0.3) is 6.08 Å². The van der Waals surface area contributed by atoms with Crippen molar-refractivity contribution >= 4 is 46.2 Å². The second-order valence-electron chi connectivity index (χ2n) is 6.88. The van der Waals surface area contributed by atoms with Gasteiger partial charge in [0.15, 0.2) is 16.7 Å². The Balaban J connectivity index is 1.51. The number of rotatable bonds is 7. The van der Waals surface area contributed by atoms with E-state index < -0.39 is 0 Å². The number of amidine groups is 1. The highest BCUT2D eigenvalue weighted by Crippen LogP contribution is 2.33. The summed E-state index contributed by atoms with van der Waals surface area (Å²) in [5.41, 5.74) is 2.59. The highest BCUT2D eigenvalue weighted by molar-refractivity contribution is 8.18. The van der Waals surface area contributed by atoms with E-state index in [1.165, 1.54) is 11.8 Å². The summed E-state index contributed by atoms with van der Waals surface area (Å²) in [5, 5.41) is 4.03. The molecule has 0 unspecified atom stereocenters. The van der Waals surface area contributed by atoms with E-state index in [9.17, 15) is 4.79 Å². The maximum absolute atomic E-state index is 12.4. The van der Waals surface area contributed by atoms with E-state index in [1.807, 2.05) is 85.8 Å². The van der Waals surface area contributed by atoms with E-state index >= 15 is 0 Å². The van der Waals surface area contributed by atoms with Crippen LogP contribution in [0.3, 0.4) is 0 Å². The number of thioether (sulfide) groups is 1. The van der Waals surface area contributed by atoms with E-state index in [1.54, 1.807) is 0 Å². The number of nitrogens with one attached hydrogen (secondary N) is 1. The Morgan fingerprint density at radius 3 is 2.62 bits per heavy atom. The molecule has 32 heavy (non-hydrogen) atoms. The van der Waals surface area contributed by atoms with Gasteiger partial charge in [-0.2, -0.15) is 0 Å². The number of amides is 1. The Bertz CT molecular complexity index is 1180. The van der Waals surface area contributed by atoms with Gasteiger partial charge in [-0.3, -0.25) is 4.79 Å². The van der Waals surface area contributed by atoms with Crippen molar-refractivity contribution in [3.63, 3.8) is 0 Å². The van der Waals surface area contributed by atoms with Crippen LogP contribution in [0.5, 0.6) is 11.5 Å². The average Bonchev–Trinajstić information content (AvgIpc) is 3.12. The van der Waals surface area contributed by atoms with Crippen LogP contribution < -0.4 is 14.8 Å². The lowest BCUT2D eigenvalue weighted by Crippen LogP contribution is -2.19. The minimum atomic E-state index is -0.177. The zero-order valence-corrected chi connectivity index (χ0v) is 19.0. The van der Waals surface area contributed by atoms with Crippen molar-refractivity contribution in [2.24, 2.45) is 4.99 Å². The van der Waals surface area contributed by atoms with E-state index in [2.05, 4.69) is 10.3 Å². The smallest absolute Gasteiger partial charge is 0.264 e. The van der Waals surface area contributed by atoms with Gasteiger partial charge >= 0.3 is 0 Å². The second kappa shape index (κ2) is 10.4. The number of benzene rings is 3. The molecule has 4 rings (SSSR count). The number of hydrogen-bond acceptors (Lipinski definition) is 5. The first-order valence-corrected chi connectivity index (χ1v) is 11.3. The molecule has 162 valence electrons. The summed E-state index contributed by atoms with van der Waals surface area (Å²) in [6, 6.07) is 22.6. The highest BCUT2D eigenvalue weighted by Gasteiger charge is 2.24. The topological polar surface area (TPSA) is 59.9 Å². The van der Waals surface area contributed by atoms with E-state index in [-0.39, 0.29) is 5.91 Å². The Hall–Kier alpha value is -3.22. The molecule has 5 nitrogen and oxygen atoms in total. The fraction of sp³-hybridized carbons (Fsp3) is 0.120. The van der Waals surface area contributed by atoms with Gasteiger partial charge in [-0.1, -0.05) is 48.0 Å². The molecule has 1 amide bonds. The van der Waals surface area contributed by atoms with Crippen molar-refractivity contribution in [1.29, 1.82) is 0 Å². The fourth-order valence-corrected chi connectivity index (χ4v) is 4.10. The molecule has 1 aliphatic rings. The zero-order valence-electron chi connectivity index (χ0n) is 17.4. The first-order valence-electron chi connectivity index (χ1n) is 10.1. The molecule has 0 atom stereocenters. The van der Waals surface area contributed by atoms with Crippen LogP contribution in [0.15, 0.2) is 82.7 Å². The average molecular weight is 465 g/mol. The van der Waals surface area contributed by atoms with E-state index in [0.29, 0.717) is 39.8 Å². The number of halogens is 1. The van der Waals surface area contributed by atoms with Crippen LogP contribution in [-0.4, -0.2) is 17.7 Å². The summed E-state index contributed by atoms with van der Waals surface area (Å²) in [4.78, 5) is 17.4. The first kappa shape index (κ1) is 22.0. The minimum absolute atomic E-state index is 0.177. The van der Waals surface area contributed by atoms with Crippen molar-refractivity contribution in [3.8, 4) is 11.5 Å². The number of carbonyl (C=O) groups excluding carboxylic acids is 1. The molecule has 0 radical (unpaired) electrons. The molecular weight excluding hydrogens is 444 g/mol. The van der Waals surface area contributed by atoms with Gasteiger partial charge < -0.3 is 14.8 Å². The van der Waals surface area contributed by atoms with Crippen molar-refractivity contribution in [2.75, 3.05) is 6.61 Å². The van der Waals surface area contributed by atoms with Gasteiger partial charge in [-0.15, -0.1) is 0 Å². The standard InChI is InChI=1S/C25H21ClN2O3S/c1-2-30-22-14-17(11-12-21(22)31-16-18-7-6-8-19(26)13-18)15-23-24(29)28-25(32-23)27-20-9-4-3-5-10-20/h3-15H,2,16H2,1H3,(H,27,28,29)/b23-15-. The third-order valence-corrected chi connectivity index (χ3v) is 5.63. The van der Waals surface area contributed by atoms with Gasteiger partial charge in [-0.25, -0.2) is 4.99 Å². The third-order valence-electron chi connectivity index (χ3n) is 4.49. The highest BCUT2D eigenvalue weighted by atomic mass is 35.5. The zero-order chi connectivity index (χ0) is 22.3. The number of nitrogens with zero attached hydrogens (tertiary/aromatic N) is 1. The normalized spacial score (nSPS) is 15.8. The quantitative estimate of drug-likeness (QED) is 0.422. The van der Waals surface area contributed by atoms with Gasteiger partial charge in [0.25, 0.3) is 5.91 Å². The summed E-state index contributed by atoms with van der Waals surface area (Å²) < 4.78 is 11.7. The largest absolute Gasteiger partial charge is 0.490 e. The summed E-state index contributed by atoms with van der Waals surface area (Å²) in [6.07, 6.45) is 1.82. The predicted octanol–water partition coefficient (Wildman–Crippen LogP) is 6.21. The SMILES string of the molecule is CCOc1cc(/C=C2\SC(=Nc3ccccc3)NC2=O)ccc1OCc1cccc(Cl)c1. The van der Waals surface area contributed by atoms with Crippen molar-refractivity contribution < 1.29 is 14.3 Å². The number of aliphatic imine (C=N–C) groups is 1. The molecule has 1 N–H and O–H groups in total. The molecule has 1 fully saturated rings. The molecule has 0 bridgehead atoms. The van der Waals surface area contributed by atoms with Gasteiger partial charge in [-0.05, 0) is 72.3 Å². The van der Waals surface area contributed by atoms with Crippen LogP contribution in [0.1, 0.15) is 18.1 Å². The van der Waals surface area contributed by atoms with Gasteiger partial charge in [0, 0.05) is 5.02 Å². The lowest BCUT2D eigenvalue weighted by molar-refractivity contribution is -0.115. The number of carbonyl (C=O) groups is 1. The van der Waals surface area contributed by atoms with Crippen LogP contribution >= 0.6 is 23.4 Å². The number of para-hydroxylation sites is 1. The Morgan fingerprint density at radius 1 is 1.00 bits per heavy atom. The maximum atomic E-state index is 12.4. The summed E-state index contributed by atoms with van der Waals surface area (Å²) in [5.74, 6) is 1.07. The molecule has 1 saturated heterocycles. The molecule has 0 spiro atoms. The molecule has 7 heteroatoms. The number of hydrogen-bond donors (Lipinski definition) is 1. The van der Waals surface area contributed by atoms with Crippen molar-refractivity contribution in [2.45, 2.75) is 13.5 Å². The van der Waals surface area contributed by atoms with Crippen LogP contribution in [0.2, 0.25) is 5.02 Å². The van der Waals surface area contributed by atoms with E-state index in [0.717, 1.165) is 16.8 Å². The third kappa shape index (κ3) is 5.72. The molecule has 0 aliphatic carbocycles. The summed E-state index contributed by atoms with van der Waals surface area (Å²) in [7, 11) is 0. The van der Waals surface area contributed by atoms with Crippen molar-refractivity contribution in [1.82, 2.24) is 5.32 Å². The minimum Gasteiger partial charge on any atom is -0.490 e. The maximum Gasteiger partial charge on any atom is 0.264 e. The van der Waals surface area contributed by atoms with Crippen LogP contribution in [0.4, 0.5) is 5.69 Å². The van der Waals surface area contributed by atoms with Gasteiger partial charge in [0.2, 0.25) is 0 Å². The molecule has 0 saturated carbocycles. The molecular formula is C25H21ClN2O3S. The van der Waals surface area contributed by atoms with Crippen LogP contribution in [0, 0.1) is 0 Å². The van der Waals surface area contributed by atoms with Gasteiger partial charge in [0.05, 0.1) is 17.2 Å². The summed E-state index contributed by atoms with van der Waals surface area (Å²) in [6.45, 7) is 2.79. The molecule has 1 aliphatic heterocycles. The van der Waals surface area contributed by atoms with Gasteiger partial charge in [0.1, 0.15) is 6.61 Å². The molecule has 3 aromatic rings. The second-order valence-corrected chi connectivity index (χ2v) is 8.34. The van der Waals surface area contributed by atoms with Crippen molar-refractivity contribution in [3.05, 3.63) is 93.9 Å². The lowest BCUT2D eigenvalue weighted by atomic mass is 10.2. The Labute approximate surface area is 196 Å². The monoisotopic (exact) mass is 464 g/mol. The van der Waals surface area contributed by atoms with Crippen LogP contribution in [-0.2, 0) is 11.4 Å². The first-order chi connectivity index (χ1) is 15.6. The van der Waals surface area contributed by atoms with E-state index in [4.69, 9.17) is 21.1 Å². The Kier molecular flexibility index (Phi) is 7.14. The fourth-order valence-electron chi connectivity index (χ4n) is 3.04. The molecule has 1 heterocycles. The predicted molar refractivity (Wildman–Crippen MR) is 131 cm³/mol. The Morgan fingerprint density at radius 2 is 1.84 bits per heavy atom. The summed E-state index contributed by atoms with van der Waals surface area (Å²) >= 11 is 7.35. The molecule has 0 aromatic heterocycles. The lowest BCUT2D eigenvalue weighted by Gasteiger charge is -2.13. The number of ether oxygens (including phenoxy) is 2.